The molecule has 16 heavy (non-hydrogen) atoms. The average Bonchev–Trinajstić information content (AvgIpc) is 2.89. The third kappa shape index (κ3) is 1.51. The van der Waals surface area contributed by atoms with E-state index >= 15 is 0 Å². The summed E-state index contributed by atoms with van der Waals surface area (Å²) in [6.07, 6.45) is 1.51. The summed E-state index contributed by atoms with van der Waals surface area (Å²) in [7, 11) is 2.14. The standard InChI is InChI=1S/C11H15N3O2/c1-13-4-8-6-14(7-9(8)5-13)11(15)10-2-3-12-16-10/h2-3,8-9H,4-7H2,1H3. The quantitative estimate of drug-likeness (QED) is 0.684. The van der Waals surface area contributed by atoms with Gasteiger partial charge in [0.2, 0.25) is 5.76 Å². The largest absolute Gasteiger partial charge is 0.351 e. The van der Waals surface area contributed by atoms with Gasteiger partial charge in [0.25, 0.3) is 5.91 Å². The molecule has 2 fully saturated rings. The molecule has 0 N–H and O–H groups in total. The number of hydrogen-bond acceptors (Lipinski definition) is 4. The van der Waals surface area contributed by atoms with Gasteiger partial charge < -0.3 is 14.3 Å². The van der Waals surface area contributed by atoms with Crippen LogP contribution in [0.1, 0.15) is 10.6 Å². The average molecular weight is 221 g/mol. The predicted molar refractivity (Wildman–Crippen MR) is 56.9 cm³/mol. The van der Waals surface area contributed by atoms with Crippen molar-refractivity contribution in [2.75, 3.05) is 33.2 Å². The molecule has 5 heteroatoms. The van der Waals surface area contributed by atoms with E-state index in [1.54, 1.807) is 6.07 Å². The third-order valence-electron chi connectivity index (χ3n) is 3.60. The minimum Gasteiger partial charge on any atom is -0.351 e. The highest BCUT2D eigenvalue weighted by molar-refractivity contribution is 5.91. The molecule has 0 aliphatic carbocycles. The summed E-state index contributed by atoms with van der Waals surface area (Å²) < 4.78 is 4.90. The first-order chi connectivity index (χ1) is 7.74. The molecule has 0 radical (unpaired) electrons. The van der Waals surface area contributed by atoms with Crippen LogP contribution in [0.15, 0.2) is 16.8 Å². The van der Waals surface area contributed by atoms with Crippen LogP contribution < -0.4 is 0 Å². The van der Waals surface area contributed by atoms with E-state index in [9.17, 15) is 4.79 Å². The summed E-state index contributed by atoms with van der Waals surface area (Å²) in [5.41, 5.74) is 0. The van der Waals surface area contributed by atoms with Crippen molar-refractivity contribution in [3.8, 4) is 0 Å². The maximum absolute atomic E-state index is 12.0. The second-order valence-electron chi connectivity index (χ2n) is 4.83. The fourth-order valence-corrected chi connectivity index (χ4v) is 2.88. The lowest BCUT2D eigenvalue weighted by molar-refractivity contribution is 0.0734. The third-order valence-corrected chi connectivity index (χ3v) is 3.60. The number of aromatic nitrogens is 1. The second-order valence-corrected chi connectivity index (χ2v) is 4.83. The number of amides is 1. The Morgan fingerprint density at radius 2 is 2.06 bits per heavy atom. The zero-order valence-electron chi connectivity index (χ0n) is 9.30. The first-order valence-electron chi connectivity index (χ1n) is 5.62. The van der Waals surface area contributed by atoms with Crippen LogP contribution in [0.25, 0.3) is 0 Å². The van der Waals surface area contributed by atoms with Crippen molar-refractivity contribution in [3.05, 3.63) is 18.0 Å². The molecular formula is C11H15N3O2. The minimum atomic E-state index is -0.0189. The minimum absolute atomic E-state index is 0.0189. The van der Waals surface area contributed by atoms with Gasteiger partial charge in [0, 0.05) is 32.2 Å². The molecule has 1 aromatic heterocycles. The SMILES string of the molecule is CN1CC2CN(C(=O)c3ccno3)CC2C1. The molecule has 5 nitrogen and oxygen atoms in total. The summed E-state index contributed by atoms with van der Waals surface area (Å²) in [6, 6.07) is 1.63. The maximum Gasteiger partial charge on any atom is 0.292 e. The molecule has 2 aliphatic rings. The molecule has 0 saturated carbocycles. The topological polar surface area (TPSA) is 49.6 Å². The van der Waals surface area contributed by atoms with Gasteiger partial charge in [0.15, 0.2) is 0 Å². The molecule has 2 aliphatic heterocycles. The van der Waals surface area contributed by atoms with Crippen LogP contribution in [0.3, 0.4) is 0 Å². The molecular weight excluding hydrogens is 206 g/mol. The Morgan fingerprint density at radius 1 is 1.38 bits per heavy atom. The van der Waals surface area contributed by atoms with Gasteiger partial charge in [-0.3, -0.25) is 4.79 Å². The Balaban J connectivity index is 1.69. The molecule has 0 spiro atoms. The van der Waals surface area contributed by atoms with Crippen LogP contribution in [0.4, 0.5) is 0 Å². The Hall–Kier alpha value is -1.36. The van der Waals surface area contributed by atoms with Gasteiger partial charge in [-0.25, -0.2) is 0 Å². The van der Waals surface area contributed by atoms with Crippen LogP contribution in [0, 0.1) is 11.8 Å². The predicted octanol–water partition coefficient (Wildman–Crippen LogP) is 0.308. The smallest absolute Gasteiger partial charge is 0.292 e. The van der Waals surface area contributed by atoms with Crippen molar-refractivity contribution in [2.24, 2.45) is 11.8 Å². The molecule has 0 bridgehead atoms. The van der Waals surface area contributed by atoms with Crippen LogP contribution in [-0.4, -0.2) is 54.1 Å². The van der Waals surface area contributed by atoms with Crippen LogP contribution in [0.5, 0.6) is 0 Å². The van der Waals surface area contributed by atoms with Crippen molar-refractivity contribution < 1.29 is 9.32 Å². The first kappa shape index (κ1) is 9.84. The summed E-state index contributed by atoms with van der Waals surface area (Å²) in [4.78, 5) is 16.2. The highest BCUT2D eigenvalue weighted by Crippen LogP contribution is 2.30. The number of carbonyl (C=O) groups excluding carboxylic acids is 1. The Labute approximate surface area is 94.0 Å². The molecule has 3 rings (SSSR count). The van der Waals surface area contributed by atoms with Crippen LogP contribution >= 0.6 is 0 Å². The van der Waals surface area contributed by atoms with Crippen molar-refractivity contribution >= 4 is 5.91 Å². The van der Waals surface area contributed by atoms with Gasteiger partial charge in [-0.15, -0.1) is 0 Å². The molecule has 2 saturated heterocycles. The Morgan fingerprint density at radius 3 is 2.62 bits per heavy atom. The van der Waals surface area contributed by atoms with Crippen molar-refractivity contribution in [3.63, 3.8) is 0 Å². The van der Waals surface area contributed by atoms with Gasteiger partial charge in [0.1, 0.15) is 0 Å². The summed E-state index contributed by atoms with van der Waals surface area (Å²) in [5.74, 6) is 1.61. The van der Waals surface area contributed by atoms with Gasteiger partial charge in [-0.05, 0) is 18.9 Å². The lowest BCUT2D eigenvalue weighted by atomic mass is 10.0. The molecule has 2 atom stereocenters. The van der Waals surface area contributed by atoms with E-state index < -0.39 is 0 Å². The summed E-state index contributed by atoms with van der Waals surface area (Å²) in [6.45, 7) is 3.92. The van der Waals surface area contributed by atoms with Gasteiger partial charge in [-0.2, -0.15) is 0 Å². The zero-order valence-corrected chi connectivity index (χ0v) is 9.30. The molecule has 1 amide bonds. The highest BCUT2D eigenvalue weighted by Gasteiger charge is 2.41. The normalized spacial score (nSPS) is 29.7. The van der Waals surface area contributed by atoms with E-state index in [4.69, 9.17) is 4.52 Å². The van der Waals surface area contributed by atoms with Gasteiger partial charge >= 0.3 is 0 Å². The number of hydrogen-bond donors (Lipinski definition) is 0. The Bertz CT molecular complexity index is 376. The zero-order chi connectivity index (χ0) is 11.1. The fraction of sp³-hybridized carbons (Fsp3) is 0.636. The van der Waals surface area contributed by atoms with E-state index in [0.717, 1.165) is 26.2 Å². The summed E-state index contributed by atoms with van der Waals surface area (Å²) in [5, 5.41) is 3.57. The second kappa shape index (κ2) is 3.59. The molecule has 1 aromatic rings. The maximum atomic E-state index is 12.0. The number of likely N-dealkylation sites (tertiary alicyclic amines) is 2. The highest BCUT2D eigenvalue weighted by atomic mass is 16.5. The van der Waals surface area contributed by atoms with Gasteiger partial charge in [-0.1, -0.05) is 5.16 Å². The molecule has 3 heterocycles. The lowest BCUT2D eigenvalue weighted by Gasteiger charge is -2.17. The van der Waals surface area contributed by atoms with Crippen LogP contribution in [0.2, 0.25) is 0 Å². The molecule has 0 aromatic carbocycles. The summed E-state index contributed by atoms with van der Waals surface area (Å²) >= 11 is 0. The van der Waals surface area contributed by atoms with E-state index in [-0.39, 0.29) is 5.91 Å². The van der Waals surface area contributed by atoms with Crippen LogP contribution in [-0.2, 0) is 0 Å². The number of rotatable bonds is 1. The number of nitrogens with zero attached hydrogens (tertiary/aromatic N) is 3. The monoisotopic (exact) mass is 221 g/mol. The fourth-order valence-electron chi connectivity index (χ4n) is 2.88. The van der Waals surface area contributed by atoms with E-state index in [0.29, 0.717) is 17.6 Å². The van der Waals surface area contributed by atoms with Gasteiger partial charge in [0.05, 0.1) is 6.20 Å². The van der Waals surface area contributed by atoms with Crippen molar-refractivity contribution in [1.29, 1.82) is 0 Å². The number of fused-ring (bicyclic) bond motifs is 1. The first-order valence-corrected chi connectivity index (χ1v) is 5.62. The van der Waals surface area contributed by atoms with Crippen molar-refractivity contribution in [1.82, 2.24) is 15.0 Å². The van der Waals surface area contributed by atoms with E-state index in [1.165, 1.54) is 6.20 Å². The van der Waals surface area contributed by atoms with E-state index in [1.807, 2.05) is 4.90 Å². The van der Waals surface area contributed by atoms with Crippen molar-refractivity contribution in [2.45, 2.75) is 0 Å². The molecule has 86 valence electrons. The van der Waals surface area contributed by atoms with E-state index in [2.05, 4.69) is 17.1 Å². The lowest BCUT2D eigenvalue weighted by Crippen LogP contribution is -2.32. The molecule has 2 unspecified atom stereocenters. The number of carbonyl (C=O) groups is 1. The Kier molecular flexibility index (Phi) is 2.21.